The van der Waals surface area contributed by atoms with Crippen LogP contribution in [0.2, 0.25) is 0 Å². The van der Waals surface area contributed by atoms with Gasteiger partial charge in [-0.05, 0) is 54.6 Å². The number of benzene rings is 4. The average Bonchev–Trinajstić information content (AvgIpc) is 2.81. The third kappa shape index (κ3) is 5.02. The number of amides is 1. The van der Waals surface area contributed by atoms with E-state index in [2.05, 4.69) is 37.2 Å². The fraction of sp³-hybridized carbons (Fsp3) is 0.0800. The van der Waals surface area contributed by atoms with Crippen molar-refractivity contribution < 1.29 is 13.6 Å². The van der Waals surface area contributed by atoms with Gasteiger partial charge in [0.15, 0.2) is 0 Å². The molecule has 1 atom stereocenters. The summed E-state index contributed by atoms with van der Waals surface area (Å²) in [7, 11) is 3.87. The van der Waals surface area contributed by atoms with Gasteiger partial charge in [0.2, 0.25) is 0 Å². The third-order valence-electron chi connectivity index (χ3n) is 5.25. The average molecular weight is 602 g/mol. The number of carbonyl (C=O) groups excluding carboxylic acids is 1. The molecule has 0 radical (unpaired) electrons. The highest BCUT2D eigenvalue weighted by atomic mass is 79.9. The highest BCUT2D eigenvalue weighted by Gasteiger charge is 2.22. The van der Waals surface area contributed by atoms with E-state index < -0.39 is 17.2 Å². The van der Waals surface area contributed by atoms with Gasteiger partial charge in [0.05, 0.1) is 28.2 Å². The minimum Gasteiger partial charge on any atom is -0.755 e. The van der Waals surface area contributed by atoms with Crippen molar-refractivity contribution in [3.05, 3.63) is 93.4 Å². The van der Waals surface area contributed by atoms with Crippen LogP contribution in [0.1, 0.15) is 10.4 Å². The molecular formula is C25H20Br2N3O3S-. The van der Waals surface area contributed by atoms with Crippen molar-refractivity contribution in [1.29, 1.82) is 0 Å². The zero-order valence-corrected chi connectivity index (χ0v) is 22.3. The van der Waals surface area contributed by atoms with Crippen LogP contribution in [0.5, 0.6) is 0 Å². The van der Waals surface area contributed by atoms with Gasteiger partial charge in [-0.3, -0.25) is 13.3 Å². The van der Waals surface area contributed by atoms with Crippen molar-refractivity contribution in [2.24, 2.45) is 0 Å². The molecule has 0 aliphatic rings. The quantitative estimate of drug-likeness (QED) is 0.252. The topological polar surface area (TPSA) is 75.7 Å². The number of fused-ring (bicyclic) bond motifs is 1. The fourth-order valence-corrected chi connectivity index (χ4v) is 5.00. The number of hydrogen-bond donors (Lipinski definition) is 1. The van der Waals surface area contributed by atoms with E-state index in [-0.39, 0.29) is 11.3 Å². The number of rotatable bonds is 6. The Hall–Kier alpha value is -2.72. The molecule has 1 N–H and O–H groups in total. The van der Waals surface area contributed by atoms with Crippen LogP contribution in [0.4, 0.5) is 22.7 Å². The smallest absolute Gasteiger partial charge is 0.257 e. The molecule has 0 fully saturated rings. The summed E-state index contributed by atoms with van der Waals surface area (Å²) < 4.78 is 27.9. The number of hydrogen-bond acceptors (Lipinski definition) is 4. The van der Waals surface area contributed by atoms with E-state index in [0.717, 1.165) is 25.2 Å². The molecule has 34 heavy (non-hydrogen) atoms. The molecule has 6 nitrogen and oxygen atoms in total. The molecule has 4 aromatic carbocycles. The van der Waals surface area contributed by atoms with Crippen molar-refractivity contribution in [2.75, 3.05) is 28.6 Å². The molecule has 1 amide bonds. The van der Waals surface area contributed by atoms with Crippen LogP contribution >= 0.6 is 31.9 Å². The van der Waals surface area contributed by atoms with Crippen LogP contribution in [-0.4, -0.2) is 28.8 Å². The van der Waals surface area contributed by atoms with E-state index in [1.54, 1.807) is 36.4 Å². The molecule has 4 aromatic rings. The Labute approximate surface area is 217 Å². The third-order valence-corrected chi connectivity index (χ3v) is 6.96. The summed E-state index contributed by atoms with van der Waals surface area (Å²) in [5.41, 5.74) is 2.46. The van der Waals surface area contributed by atoms with Gasteiger partial charge in [0.1, 0.15) is 0 Å². The SMILES string of the molecule is CN(C)c1cccc2c(N(c3ccc(Br)cc3C(=O)Nc3ccc(Br)cc3)S(=O)[O-])cccc12. The first-order valence-corrected chi connectivity index (χ1v) is 12.8. The molecule has 1 unspecified atom stereocenters. The van der Waals surface area contributed by atoms with E-state index in [0.29, 0.717) is 15.8 Å². The Morgan fingerprint density at radius 1 is 0.824 bits per heavy atom. The largest absolute Gasteiger partial charge is 0.755 e. The highest BCUT2D eigenvalue weighted by molar-refractivity contribution is 9.10. The van der Waals surface area contributed by atoms with Gasteiger partial charge in [0.25, 0.3) is 5.91 Å². The molecule has 0 aliphatic heterocycles. The molecule has 0 aromatic heterocycles. The van der Waals surface area contributed by atoms with Gasteiger partial charge in [-0.15, -0.1) is 0 Å². The van der Waals surface area contributed by atoms with Crippen LogP contribution < -0.4 is 14.5 Å². The standard InChI is InChI=1S/C25H21Br2N3O3S/c1-29(2)22-7-3-6-20-19(22)5-4-8-23(20)30(34(32)33)24-14-11-17(27)15-21(24)25(31)28-18-12-9-16(26)10-13-18/h3-15H,1-2H3,(H,28,31)(H,32,33)/p-1. The first-order chi connectivity index (χ1) is 16.3. The van der Waals surface area contributed by atoms with Gasteiger partial charge in [-0.25, -0.2) is 0 Å². The first kappa shape index (κ1) is 24.4. The van der Waals surface area contributed by atoms with Crippen LogP contribution in [0.15, 0.2) is 87.8 Å². The molecule has 0 saturated heterocycles. The predicted octanol–water partition coefficient (Wildman–Crippen LogP) is 6.62. The lowest BCUT2D eigenvalue weighted by atomic mass is 10.1. The van der Waals surface area contributed by atoms with Crippen LogP contribution in [0, 0.1) is 0 Å². The molecule has 0 bridgehead atoms. The van der Waals surface area contributed by atoms with Crippen molar-refractivity contribution in [2.45, 2.75) is 0 Å². The van der Waals surface area contributed by atoms with Gasteiger partial charge in [0, 0.05) is 45.2 Å². The summed E-state index contributed by atoms with van der Waals surface area (Å²) in [6.07, 6.45) is 0. The molecule has 174 valence electrons. The van der Waals surface area contributed by atoms with E-state index in [9.17, 15) is 13.6 Å². The molecule has 9 heteroatoms. The monoisotopic (exact) mass is 600 g/mol. The van der Waals surface area contributed by atoms with E-state index >= 15 is 0 Å². The zero-order valence-electron chi connectivity index (χ0n) is 18.3. The molecule has 0 aliphatic carbocycles. The van der Waals surface area contributed by atoms with Crippen LogP contribution in [0.3, 0.4) is 0 Å². The van der Waals surface area contributed by atoms with Crippen molar-refractivity contribution in [3.8, 4) is 0 Å². The highest BCUT2D eigenvalue weighted by Crippen LogP contribution is 2.38. The maximum atomic E-state index is 13.3. The second-order valence-electron chi connectivity index (χ2n) is 7.68. The zero-order chi connectivity index (χ0) is 24.4. The van der Waals surface area contributed by atoms with E-state index in [1.807, 2.05) is 61.5 Å². The summed E-state index contributed by atoms with van der Waals surface area (Å²) in [4.78, 5) is 15.2. The Morgan fingerprint density at radius 2 is 1.41 bits per heavy atom. The maximum absolute atomic E-state index is 13.3. The molecular weight excluding hydrogens is 582 g/mol. The Morgan fingerprint density at radius 3 is 2.03 bits per heavy atom. The maximum Gasteiger partial charge on any atom is 0.257 e. The van der Waals surface area contributed by atoms with Gasteiger partial charge in [-0.1, -0.05) is 56.1 Å². The summed E-state index contributed by atoms with van der Waals surface area (Å²) in [6, 6.07) is 23.3. The minimum absolute atomic E-state index is 0.210. The lowest BCUT2D eigenvalue weighted by Gasteiger charge is -2.30. The van der Waals surface area contributed by atoms with Crippen molar-refractivity contribution >= 4 is 82.6 Å². The minimum atomic E-state index is -2.69. The van der Waals surface area contributed by atoms with Crippen LogP contribution in [0.25, 0.3) is 10.8 Å². The Kier molecular flexibility index (Phi) is 7.37. The summed E-state index contributed by atoms with van der Waals surface area (Å²) in [6.45, 7) is 0. The van der Waals surface area contributed by atoms with E-state index in [4.69, 9.17) is 0 Å². The van der Waals surface area contributed by atoms with Crippen LogP contribution in [-0.2, 0) is 11.3 Å². The van der Waals surface area contributed by atoms with Crippen molar-refractivity contribution in [1.82, 2.24) is 0 Å². The Bertz CT molecular complexity index is 1390. The van der Waals surface area contributed by atoms with Gasteiger partial charge < -0.3 is 14.8 Å². The molecule has 4 rings (SSSR count). The number of nitrogens with one attached hydrogen (secondary N) is 1. The van der Waals surface area contributed by atoms with Gasteiger partial charge >= 0.3 is 0 Å². The molecule has 0 heterocycles. The fourth-order valence-electron chi connectivity index (χ4n) is 3.73. The Balaban J connectivity index is 1.86. The second-order valence-corrected chi connectivity index (χ2v) is 10.3. The lowest BCUT2D eigenvalue weighted by Crippen LogP contribution is -2.24. The number of nitrogens with zero attached hydrogens (tertiary/aromatic N) is 2. The summed E-state index contributed by atoms with van der Waals surface area (Å²) >= 11 is 4.08. The number of carbonyl (C=O) groups is 1. The second kappa shape index (κ2) is 10.3. The summed E-state index contributed by atoms with van der Waals surface area (Å²) in [5.74, 6) is -0.428. The lowest BCUT2D eigenvalue weighted by molar-refractivity contribution is 0.102. The first-order valence-electron chi connectivity index (χ1n) is 10.2. The number of anilines is 4. The number of halogens is 2. The van der Waals surface area contributed by atoms with Gasteiger partial charge in [-0.2, -0.15) is 0 Å². The van der Waals surface area contributed by atoms with Crippen molar-refractivity contribution in [3.63, 3.8) is 0 Å². The molecule has 0 spiro atoms. The molecule has 0 saturated carbocycles. The summed E-state index contributed by atoms with van der Waals surface area (Å²) in [5, 5.41) is 4.50. The normalized spacial score (nSPS) is 11.8. The predicted molar refractivity (Wildman–Crippen MR) is 146 cm³/mol. The van der Waals surface area contributed by atoms with E-state index in [1.165, 1.54) is 0 Å².